The fraction of sp³-hybridized carbons (Fsp3) is 0.308. The number of ether oxygens (including phenoxy) is 2. The van der Waals surface area contributed by atoms with E-state index in [-0.39, 0.29) is 5.97 Å². The molecule has 0 aliphatic heterocycles. The van der Waals surface area contributed by atoms with Gasteiger partial charge >= 0.3 is 5.97 Å². The summed E-state index contributed by atoms with van der Waals surface area (Å²) in [5.41, 5.74) is 1.56. The van der Waals surface area contributed by atoms with Gasteiger partial charge in [-0.15, -0.1) is 0 Å². The van der Waals surface area contributed by atoms with Crippen LogP contribution in [-0.4, -0.2) is 12.6 Å². The maximum Gasteiger partial charge on any atom is 0.336 e. The Morgan fingerprint density at radius 2 is 2.19 bits per heavy atom. The van der Waals surface area contributed by atoms with Gasteiger partial charge in [-0.1, -0.05) is 12.1 Å². The number of benzene rings is 1. The lowest BCUT2D eigenvalue weighted by atomic mass is 10.2. The highest BCUT2D eigenvalue weighted by molar-refractivity contribution is 5.87. The standard InChI is InChI=1S/C13H16O3/c1-4-15-13(14)11(3)9-16-12-7-5-6-10(2)8-12/h5-9H,4H2,1-3H3. The van der Waals surface area contributed by atoms with E-state index in [1.807, 2.05) is 31.2 Å². The lowest BCUT2D eigenvalue weighted by Gasteiger charge is -2.04. The largest absolute Gasteiger partial charge is 0.464 e. The molecule has 0 saturated heterocycles. The first-order valence-corrected chi connectivity index (χ1v) is 5.20. The molecular weight excluding hydrogens is 204 g/mol. The van der Waals surface area contributed by atoms with Crippen LogP contribution in [0.2, 0.25) is 0 Å². The zero-order valence-corrected chi connectivity index (χ0v) is 9.82. The van der Waals surface area contributed by atoms with Crippen LogP contribution in [0.5, 0.6) is 5.75 Å². The Morgan fingerprint density at radius 1 is 1.44 bits per heavy atom. The summed E-state index contributed by atoms with van der Waals surface area (Å²) >= 11 is 0. The third-order valence-corrected chi connectivity index (χ3v) is 1.96. The van der Waals surface area contributed by atoms with Crippen molar-refractivity contribution in [2.24, 2.45) is 0 Å². The number of carbonyl (C=O) groups excluding carboxylic acids is 1. The smallest absolute Gasteiger partial charge is 0.336 e. The average Bonchev–Trinajstić information content (AvgIpc) is 2.26. The van der Waals surface area contributed by atoms with E-state index in [2.05, 4.69) is 0 Å². The summed E-state index contributed by atoms with van der Waals surface area (Å²) in [4.78, 5) is 11.3. The first-order chi connectivity index (χ1) is 7.63. The number of rotatable bonds is 4. The number of hydrogen-bond acceptors (Lipinski definition) is 3. The van der Waals surface area contributed by atoms with Gasteiger partial charge in [-0.3, -0.25) is 0 Å². The molecular formula is C13H16O3. The second-order valence-electron chi connectivity index (χ2n) is 3.46. The quantitative estimate of drug-likeness (QED) is 0.444. The molecule has 3 heteroatoms. The summed E-state index contributed by atoms with van der Waals surface area (Å²) < 4.78 is 10.2. The van der Waals surface area contributed by atoms with Crippen molar-refractivity contribution < 1.29 is 14.3 Å². The molecule has 1 rings (SSSR count). The van der Waals surface area contributed by atoms with Gasteiger partial charge in [0.15, 0.2) is 0 Å². The Hall–Kier alpha value is -1.77. The molecule has 86 valence electrons. The summed E-state index contributed by atoms with van der Waals surface area (Å²) in [5, 5.41) is 0. The molecule has 0 saturated carbocycles. The summed E-state index contributed by atoms with van der Waals surface area (Å²) in [6.45, 7) is 5.78. The fourth-order valence-electron chi connectivity index (χ4n) is 1.14. The fourth-order valence-corrected chi connectivity index (χ4v) is 1.14. The van der Waals surface area contributed by atoms with E-state index in [0.717, 1.165) is 5.56 Å². The van der Waals surface area contributed by atoms with Crippen molar-refractivity contribution in [3.05, 3.63) is 41.7 Å². The van der Waals surface area contributed by atoms with Gasteiger partial charge in [0.25, 0.3) is 0 Å². The van der Waals surface area contributed by atoms with Crippen molar-refractivity contribution in [2.45, 2.75) is 20.8 Å². The summed E-state index contributed by atoms with van der Waals surface area (Å²) in [6, 6.07) is 7.61. The molecule has 0 spiro atoms. The molecule has 0 aromatic heterocycles. The van der Waals surface area contributed by atoms with Crippen LogP contribution in [0.3, 0.4) is 0 Å². The van der Waals surface area contributed by atoms with E-state index < -0.39 is 0 Å². The lowest BCUT2D eigenvalue weighted by Crippen LogP contribution is -2.06. The predicted octanol–water partition coefficient (Wildman–Crippen LogP) is 2.84. The molecule has 0 aliphatic rings. The van der Waals surface area contributed by atoms with E-state index in [4.69, 9.17) is 9.47 Å². The van der Waals surface area contributed by atoms with Crippen LogP contribution in [0.15, 0.2) is 36.1 Å². The monoisotopic (exact) mass is 220 g/mol. The molecule has 0 aliphatic carbocycles. The van der Waals surface area contributed by atoms with Crippen molar-refractivity contribution in [3.8, 4) is 5.75 Å². The maximum absolute atomic E-state index is 11.3. The first kappa shape index (κ1) is 12.3. The molecule has 0 fully saturated rings. The average molecular weight is 220 g/mol. The first-order valence-electron chi connectivity index (χ1n) is 5.20. The van der Waals surface area contributed by atoms with Gasteiger partial charge in [-0.05, 0) is 38.5 Å². The van der Waals surface area contributed by atoms with Crippen LogP contribution in [0.4, 0.5) is 0 Å². The van der Waals surface area contributed by atoms with Crippen LogP contribution in [0, 0.1) is 6.92 Å². The van der Waals surface area contributed by atoms with Gasteiger partial charge in [0.2, 0.25) is 0 Å². The van der Waals surface area contributed by atoms with E-state index in [1.165, 1.54) is 6.26 Å². The van der Waals surface area contributed by atoms with Crippen molar-refractivity contribution in [3.63, 3.8) is 0 Å². The highest BCUT2D eigenvalue weighted by Crippen LogP contribution is 2.13. The Kier molecular flexibility index (Phi) is 4.58. The maximum atomic E-state index is 11.3. The molecule has 16 heavy (non-hydrogen) atoms. The molecule has 1 aromatic carbocycles. The minimum atomic E-state index is -0.352. The van der Waals surface area contributed by atoms with Crippen LogP contribution < -0.4 is 4.74 Å². The Bertz CT molecular complexity index is 394. The molecule has 0 atom stereocenters. The number of carbonyl (C=O) groups is 1. The molecule has 0 radical (unpaired) electrons. The SMILES string of the molecule is CCOC(=O)C(C)=COc1cccc(C)c1. The Balaban J connectivity index is 2.62. The second kappa shape index (κ2) is 5.95. The highest BCUT2D eigenvalue weighted by Gasteiger charge is 2.04. The molecule has 3 nitrogen and oxygen atoms in total. The summed E-state index contributed by atoms with van der Waals surface area (Å²) in [6.07, 6.45) is 1.41. The topological polar surface area (TPSA) is 35.5 Å². The molecule has 0 heterocycles. The molecule has 0 unspecified atom stereocenters. The Labute approximate surface area is 95.7 Å². The highest BCUT2D eigenvalue weighted by atomic mass is 16.5. The number of hydrogen-bond donors (Lipinski definition) is 0. The molecule has 0 amide bonds. The van der Waals surface area contributed by atoms with Crippen LogP contribution >= 0.6 is 0 Å². The predicted molar refractivity (Wildman–Crippen MR) is 62.2 cm³/mol. The van der Waals surface area contributed by atoms with Gasteiger partial charge in [0.1, 0.15) is 12.0 Å². The van der Waals surface area contributed by atoms with Gasteiger partial charge in [0, 0.05) is 0 Å². The Morgan fingerprint density at radius 3 is 2.81 bits per heavy atom. The van der Waals surface area contributed by atoms with Gasteiger partial charge in [-0.25, -0.2) is 4.79 Å². The van der Waals surface area contributed by atoms with E-state index in [1.54, 1.807) is 13.8 Å². The summed E-state index contributed by atoms with van der Waals surface area (Å²) in [5.74, 6) is 0.360. The van der Waals surface area contributed by atoms with Crippen molar-refractivity contribution >= 4 is 5.97 Å². The van der Waals surface area contributed by atoms with Crippen molar-refractivity contribution in [1.29, 1.82) is 0 Å². The minimum absolute atomic E-state index is 0.352. The summed E-state index contributed by atoms with van der Waals surface area (Å²) in [7, 11) is 0. The van der Waals surface area contributed by atoms with E-state index >= 15 is 0 Å². The van der Waals surface area contributed by atoms with Gasteiger partial charge in [-0.2, -0.15) is 0 Å². The minimum Gasteiger partial charge on any atom is -0.464 e. The van der Waals surface area contributed by atoms with E-state index in [9.17, 15) is 4.79 Å². The van der Waals surface area contributed by atoms with Crippen LogP contribution in [0.25, 0.3) is 0 Å². The third kappa shape index (κ3) is 3.77. The van der Waals surface area contributed by atoms with Crippen LogP contribution in [-0.2, 0) is 9.53 Å². The van der Waals surface area contributed by atoms with Crippen LogP contribution in [0.1, 0.15) is 19.4 Å². The normalized spacial score (nSPS) is 11.1. The van der Waals surface area contributed by atoms with E-state index in [0.29, 0.717) is 17.9 Å². The lowest BCUT2D eigenvalue weighted by molar-refractivity contribution is -0.138. The number of aryl methyl sites for hydroxylation is 1. The second-order valence-corrected chi connectivity index (χ2v) is 3.46. The third-order valence-electron chi connectivity index (χ3n) is 1.96. The van der Waals surface area contributed by atoms with Gasteiger partial charge < -0.3 is 9.47 Å². The molecule has 1 aromatic rings. The number of esters is 1. The van der Waals surface area contributed by atoms with Crippen molar-refractivity contribution in [1.82, 2.24) is 0 Å². The zero-order chi connectivity index (χ0) is 12.0. The zero-order valence-electron chi connectivity index (χ0n) is 9.82. The molecule has 0 bridgehead atoms. The van der Waals surface area contributed by atoms with Gasteiger partial charge in [0.05, 0.1) is 12.2 Å². The van der Waals surface area contributed by atoms with Crippen molar-refractivity contribution in [2.75, 3.05) is 6.61 Å². The molecule has 0 N–H and O–H groups in total.